The Morgan fingerprint density at radius 2 is 2.00 bits per heavy atom. The van der Waals surface area contributed by atoms with Crippen molar-refractivity contribution in [3.05, 3.63) is 62.0 Å². The molecule has 0 bridgehead atoms. The highest BCUT2D eigenvalue weighted by Crippen LogP contribution is 2.28. The smallest absolute Gasteiger partial charge is 0.134 e. The number of hydrogen-bond donors (Lipinski definition) is 1. The van der Waals surface area contributed by atoms with E-state index >= 15 is 0 Å². The second-order valence-electron chi connectivity index (χ2n) is 3.96. The van der Waals surface area contributed by atoms with Gasteiger partial charge in [0.1, 0.15) is 12.4 Å². The molecule has 0 aliphatic rings. The van der Waals surface area contributed by atoms with E-state index in [4.69, 9.17) is 33.1 Å². The van der Waals surface area contributed by atoms with Gasteiger partial charge >= 0.3 is 0 Å². The van der Waals surface area contributed by atoms with Crippen LogP contribution in [0.1, 0.15) is 11.1 Å². The fraction of sp³-hybridized carbons (Fsp3) is 0.0714. The lowest BCUT2D eigenvalue weighted by Crippen LogP contribution is -1.97. The fourth-order valence-corrected chi connectivity index (χ4v) is 2.55. The quantitative estimate of drug-likeness (QED) is 0.457. The van der Waals surface area contributed by atoms with Crippen molar-refractivity contribution < 1.29 is 9.94 Å². The Balaban J connectivity index is 2.11. The second-order valence-corrected chi connectivity index (χ2v) is 5.66. The highest BCUT2D eigenvalue weighted by Gasteiger charge is 2.05. The predicted octanol–water partition coefficient (Wildman–Crippen LogP) is 5.14. The van der Waals surface area contributed by atoms with E-state index in [1.54, 1.807) is 30.3 Å². The van der Waals surface area contributed by atoms with E-state index in [0.29, 0.717) is 22.4 Å². The van der Waals surface area contributed by atoms with Gasteiger partial charge in [-0.3, -0.25) is 0 Å². The minimum absolute atomic E-state index is 0.335. The van der Waals surface area contributed by atoms with Crippen molar-refractivity contribution in [2.75, 3.05) is 0 Å². The first-order chi connectivity index (χ1) is 9.60. The molecule has 2 aromatic rings. The van der Waals surface area contributed by atoms with E-state index in [0.717, 1.165) is 15.6 Å². The maximum absolute atomic E-state index is 8.48. The van der Waals surface area contributed by atoms with Gasteiger partial charge in [-0.1, -0.05) is 34.4 Å². The van der Waals surface area contributed by atoms with Gasteiger partial charge in [0.05, 0.1) is 10.7 Å². The topological polar surface area (TPSA) is 41.8 Å². The molecule has 3 nitrogen and oxygen atoms in total. The Bertz CT molecular complexity index is 647. The summed E-state index contributed by atoms with van der Waals surface area (Å²) in [6, 6.07) is 10.6. The zero-order valence-electron chi connectivity index (χ0n) is 10.2. The molecule has 0 saturated heterocycles. The lowest BCUT2D eigenvalue weighted by atomic mass is 10.2. The van der Waals surface area contributed by atoms with Crippen molar-refractivity contribution in [1.82, 2.24) is 0 Å². The minimum atomic E-state index is 0.335. The number of oxime groups is 1. The van der Waals surface area contributed by atoms with Gasteiger partial charge in [0.25, 0.3) is 0 Å². The third-order valence-electron chi connectivity index (χ3n) is 2.56. The average molecular weight is 375 g/mol. The Labute approximate surface area is 134 Å². The van der Waals surface area contributed by atoms with Crippen LogP contribution in [-0.4, -0.2) is 11.4 Å². The summed E-state index contributed by atoms with van der Waals surface area (Å²) in [7, 11) is 0. The number of halogens is 3. The molecule has 20 heavy (non-hydrogen) atoms. The molecule has 1 N–H and O–H groups in total. The number of ether oxygens (including phenoxy) is 1. The first-order valence-corrected chi connectivity index (χ1v) is 7.19. The van der Waals surface area contributed by atoms with Crippen molar-refractivity contribution in [3.63, 3.8) is 0 Å². The molecule has 6 heteroatoms. The van der Waals surface area contributed by atoms with Crippen LogP contribution < -0.4 is 4.74 Å². The zero-order valence-corrected chi connectivity index (χ0v) is 13.3. The molecule has 2 rings (SSSR count). The van der Waals surface area contributed by atoms with Gasteiger partial charge in [0.15, 0.2) is 0 Å². The van der Waals surface area contributed by atoms with Crippen molar-refractivity contribution >= 4 is 45.3 Å². The number of rotatable bonds is 4. The SMILES string of the molecule is O/N=C/c1ccc(OCc2ccc(Cl)cc2Cl)c(Br)c1. The molecule has 0 fully saturated rings. The molecule has 0 radical (unpaired) electrons. The van der Waals surface area contributed by atoms with E-state index < -0.39 is 0 Å². The van der Waals surface area contributed by atoms with Crippen LogP contribution in [0.15, 0.2) is 46.0 Å². The van der Waals surface area contributed by atoms with Crippen LogP contribution >= 0.6 is 39.1 Å². The number of nitrogens with zero attached hydrogens (tertiary/aromatic N) is 1. The van der Waals surface area contributed by atoms with E-state index in [9.17, 15) is 0 Å². The lowest BCUT2D eigenvalue weighted by Gasteiger charge is -2.10. The summed E-state index contributed by atoms with van der Waals surface area (Å²) in [5.41, 5.74) is 1.61. The summed E-state index contributed by atoms with van der Waals surface area (Å²) in [6.07, 6.45) is 1.34. The van der Waals surface area contributed by atoms with Crippen LogP contribution in [-0.2, 0) is 6.61 Å². The van der Waals surface area contributed by atoms with Crippen molar-refractivity contribution in [2.24, 2.45) is 5.16 Å². The highest BCUT2D eigenvalue weighted by molar-refractivity contribution is 9.10. The molecule has 0 saturated carbocycles. The zero-order chi connectivity index (χ0) is 14.5. The molecule has 0 heterocycles. The summed E-state index contributed by atoms with van der Waals surface area (Å²) in [4.78, 5) is 0. The van der Waals surface area contributed by atoms with Gasteiger partial charge in [-0.05, 0) is 51.8 Å². The van der Waals surface area contributed by atoms with Crippen LogP contribution in [0.25, 0.3) is 0 Å². The third kappa shape index (κ3) is 3.88. The van der Waals surface area contributed by atoms with Gasteiger partial charge in [-0.15, -0.1) is 0 Å². The molecule has 0 aliphatic heterocycles. The van der Waals surface area contributed by atoms with Crippen molar-refractivity contribution in [3.8, 4) is 5.75 Å². The first kappa shape index (κ1) is 15.2. The van der Waals surface area contributed by atoms with E-state index in [1.165, 1.54) is 6.21 Å². The summed E-state index contributed by atoms with van der Waals surface area (Å²) < 4.78 is 6.46. The summed E-state index contributed by atoms with van der Waals surface area (Å²) in [5, 5.41) is 12.6. The van der Waals surface area contributed by atoms with Gasteiger partial charge < -0.3 is 9.94 Å². The maximum atomic E-state index is 8.48. The summed E-state index contributed by atoms with van der Waals surface area (Å²) >= 11 is 15.3. The Kier molecular flexibility index (Phi) is 5.29. The van der Waals surface area contributed by atoms with Crippen molar-refractivity contribution in [2.45, 2.75) is 6.61 Å². The first-order valence-electron chi connectivity index (χ1n) is 5.64. The summed E-state index contributed by atoms with van der Waals surface area (Å²) in [5.74, 6) is 0.672. The Hall–Kier alpha value is -1.23. The van der Waals surface area contributed by atoms with Crippen LogP contribution in [0.2, 0.25) is 10.0 Å². The molecule has 2 aromatic carbocycles. The van der Waals surface area contributed by atoms with E-state index in [2.05, 4.69) is 21.1 Å². The maximum Gasteiger partial charge on any atom is 0.134 e. The number of hydrogen-bond acceptors (Lipinski definition) is 3. The molecule has 0 aromatic heterocycles. The van der Waals surface area contributed by atoms with Crippen LogP contribution in [0.3, 0.4) is 0 Å². The van der Waals surface area contributed by atoms with Gasteiger partial charge in [-0.2, -0.15) is 0 Å². The van der Waals surface area contributed by atoms with Crippen LogP contribution in [0.5, 0.6) is 5.75 Å². The molecule has 0 aliphatic carbocycles. The van der Waals surface area contributed by atoms with Crippen molar-refractivity contribution in [1.29, 1.82) is 0 Å². The average Bonchev–Trinajstić information content (AvgIpc) is 2.40. The second kappa shape index (κ2) is 6.97. The number of benzene rings is 2. The fourth-order valence-electron chi connectivity index (χ4n) is 1.58. The standard InChI is InChI=1S/C14H10BrCl2NO2/c15-12-5-9(7-18-19)1-4-14(12)20-8-10-2-3-11(16)6-13(10)17/h1-7,19H,8H2/b18-7+. The molecule has 104 valence electrons. The molecular weight excluding hydrogens is 365 g/mol. The normalized spacial score (nSPS) is 10.9. The molecule has 0 atom stereocenters. The highest BCUT2D eigenvalue weighted by atomic mass is 79.9. The summed E-state index contributed by atoms with van der Waals surface area (Å²) in [6.45, 7) is 0.335. The Morgan fingerprint density at radius 1 is 1.20 bits per heavy atom. The molecule has 0 spiro atoms. The van der Waals surface area contributed by atoms with Gasteiger partial charge in [0.2, 0.25) is 0 Å². The molecule has 0 unspecified atom stereocenters. The predicted molar refractivity (Wildman–Crippen MR) is 84.3 cm³/mol. The molecule has 0 amide bonds. The minimum Gasteiger partial charge on any atom is -0.488 e. The third-order valence-corrected chi connectivity index (χ3v) is 3.77. The van der Waals surface area contributed by atoms with Crippen LogP contribution in [0, 0.1) is 0 Å². The van der Waals surface area contributed by atoms with E-state index in [1.807, 2.05) is 6.07 Å². The largest absolute Gasteiger partial charge is 0.488 e. The van der Waals surface area contributed by atoms with Gasteiger partial charge in [-0.25, -0.2) is 0 Å². The Morgan fingerprint density at radius 3 is 2.65 bits per heavy atom. The van der Waals surface area contributed by atoms with Gasteiger partial charge in [0, 0.05) is 15.6 Å². The van der Waals surface area contributed by atoms with Crippen LogP contribution in [0.4, 0.5) is 0 Å². The lowest BCUT2D eigenvalue weighted by molar-refractivity contribution is 0.304. The monoisotopic (exact) mass is 373 g/mol. The van der Waals surface area contributed by atoms with E-state index in [-0.39, 0.29) is 0 Å². The molecular formula is C14H10BrCl2NO2.